The summed E-state index contributed by atoms with van der Waals surface area (Å²) in [7, 11) is 0. The van der Waals surface area contributed by atoms with E-state index in [0.29, 0.717) is 16.1 Å². The van der Waals surface area contributed by atoms with E-state index in [-0.39, 0.29) is 11.8 Å². The standard InChI is InChI=1S/C16H17N3O2S/c1-10(2)18-19-15(21)13-7-8-22-16(13)17-14(20)12-6-4-5-11(3)9-12/h4-9H,1-3H3,(H,17,20)(H,19,21). The molecule has 114 valence electrons. The molecule has 2 N–H and O–H groups in total. The lowest BCUT2D eigenvalue weighted by molar-refractivity contribution is 0.0956. The van der Waals surface area contributed by atoms with Crippen LogP contribution in [0.2, 0.25) is 0 Å². The quantitative estimate of drug-likeness (QED) is 0.670. The fraction of sp³-hybridized carbons (Fsp3) is 0.188. The zero-order valence-electron chi connectivity index (χ0n) is 12.6. The molecule has 1 heterocycles. The van der Waals surface area contributed by atoms with Crippen LogP contribution in [0.1, 0.15) is 40.1 Å². The van der Waals surface area contributed by atoms with E-state index in [1.54, 1.807) is 37.4 Å². The summed E-state index contributed by atoms with van der Waals surface area (Å²) in [5.41, 5.74) is 5.16. The first kappa shape index (κ1) is 15.9. The Morgan fingerprint density at radius 2 is 1.91 bits per heavy atom. The Labute approximate surface area is 133 Å². The average Bonchev–Trinajstić information content (AvgIpc) is 2.93. The summed E-state index contributed by atoms with van der Waals surface area (Å²) < 4.78 is 0. The van der Waals surface area contributed by atoms with Gasteiger partial charge in [0.1, 0.15) is 5.00 Å². The predicted octanol–water partition coefficient (Wildman–Crippen LogP) is 3.43. The van der Waals surface area contributed by atoms with Gasteiger partial charge in [0.25, 0.3) is 11.8 Å². The highest BCUT2D eigenvalue weighted by molar-refractivity contribution is 7.14. The molecule has 2 rings (SSSR count). The Morgan fingerprint density at radius 1 is 1.14 bits per heavy atom. The molecule has 0 saturated carbocycles. The van der Waals surface area contributed by atoms with Crippen molar-refractivity contribution >= 4 is 33.9 Å². The number of nitrogens with zero attached hydrogens (tertiary/aromatic N) is 1. The van der Waals surface area contributed by atoms with Crippen LogP contribution in [0.25, 0.3) is 0 Å². The topological polar surface area (TPSA) is 70.6 Å². The van der Waals surface area contributed by atoms with Gasteiger partial charge in [-0.2, -0.15) is 5.10 Å². The van der Waals surface area contributed by atoms with Crippen LogP contribution in [0.15, 0.2) is 40.8 Å². The van der Waals surface area contributed by atoms with Crippen LogP contribution in [0.3, 0.4) is 0 Å². The van der Waals surface area contributed by atoms with E-state index in [1.165, 1.54) is 11.3 Å². The fourth-order valence-corrected chi connectivity index (χ4v) is 2.55. The minimum absolute atomic E-state index is 0.240. The van der Waals surface area contributed by atoms with Crippen molar-refractivity contribution < 1.29 is 9.59 Å². The largest absolute Gasteiger partial charge is 0.313 e. The van der Waals surface area contributed by atoms with Crippen molar-refractivity contribution in [2.75, 3.05) is 5.32 Å². The molecule has 0 radical (unpaired) electrons. The third-order valence-electron chi connectivity index (χ3n) is 2.80. The summed E-state index contributed by atoms with van der Waals surface area (Å²) in [6.07, 6.45) is 0. The molecule has 0 unspecified atom stereocenters. The molecule has 1 aromatic carbocycles. The molecule has 0 spiro atoms. The molecular weight excluding hydrogens is 298 g/mol. The second-order valence-electron chi connectivity index (χ2n) is 4.99. The molecule has 5 nitrogen and oxygen atoms in total. The second kappa shape index (κ2) is 7.00. The Bertz CT molecular complexity index is 730. The molecule has 0 bridgehead atoms. The third kappa shape index (κ3) is 4.02. The molecule has 0 aliphatic heterocycles. The summed E-state index contributed by atoms with van der Waals surface area (Å²) in [6.45, 7) is 5.49. The third-order valence-corrected chi connectivity index (χ3v) is 3.63. The van der Waals surface area contributed by atoms with Gasteiger partial charge in [0.2, 0.25) is 0 Å². The van der Waals surface area contributed by atoms with E-state index in [9.17, 15) is 9.59 Å². The molecule has 0 aliphatic rings. The molecule has 1 aromatic heterocycles. The maximum Gasteiger partial charge on any atom is 0.274 e. The smallest absolute Gasteiger partial charge is 0.274 e. The number of amides is 2. The summed E-state index contributed by atoms with van der Waals surface area (Å²) in [5, 5.41) is 8.91. The molecule has 2 aromatic rings. The number of hydrazone groups is 1. The predicted molar refractivity (Wildman–Crippen MR) is 89.7 cm³/mol. The Morgan fingerprint density at radius 3 is 2.59 bits per heavy atom. The van der Waals surface area contributed by atoms with Gasteiger partial charge in [0, 0.05) is 11.3 Å². The van der Waals surface area contributed by atoms with Gasteiger partial charge in [0.15, 0.2) is 0 Å². The number of carbonyl (C=O) groups is 2. The number of hydrogen-bond acceptors (Lipinski definition) is 4. The van der Waals surface area contributed by atoms with Crippen LogP contribution in [0.4, 0.5) is 5.00 Å². The van der Waals surface area contributed by atoms with Crippen LogP contribution >= 0.6 is 11.3 Å². The lowest BCUT2D eigenvalue weighted by Crippen LogP contribution is -2.20. The number of aryl methyl sites for hydroxylation is 1. The minimum Gasteiger partial charge on any atom is -0.313 e. The van der Waals surface area contributed by atoms with Crippen molar-refractivity contribution in [3.05, 3.63) is 52.4 Å². The average molecular weight is 315 g/mol. The Kier molecular flexibility index (Phi) is 5.06. The van der Waals surface area contributed by atoms with E-state index < -0.39 is 0 Å². The highest BCUT2D eigenvalue weighted by Crippen LogP contribution is 2.24. The minimum atomic E-state index is -0.345. The SMILES string of the molecule is CC(C)=NNC(=O)c1ccsc1NC(=O)c1cccc(C)c1. The highest BCUT2D eigenvalue weighted by Gasteiger charge is 2.15. The van der Waals surface area contributed by atoms with Gasteiger partial charge >= 0.3 is 0 Å². The first-order valence-corrected chi connectivity index (χ1v) is 7.62. The summed E-state index contributed by atoms with van der Waals surface area (Å²) in [5.74, 6) is -0.586. The highest BCUT2D eigenvalue weighted by atomic mass is 32.1. The normalized spacial score (nSPS) is 9.95. The Hall–Kier alpha value is -2.47. The van der Waals surface area contributed by atoms with Crippen molar-refractivity contribution in [2.24, 2.45) is 5.10 Å². The van der Waals surface area contributed by atoms with Crippen LogP contribution in [0.5, 0.6) is 0 Å². The molecule has 2 amide bonds. The van der Waals surface area contributed by atoms with Crippen molar-refractivity contribution in [1.82, 2.24) is 5.43 Å². The Balaban J connectivity index is 2.14. The van der Waals surface area contributed by atoms with E-state index in [0.717, 1.165) is 11.3 Å². The van der Waals surface area contributed by atoms with E-state index in [2.05, 4.69) is 15.8 Å². The summed E-state index contributed by atoms with van der Waals surface area (Å²) >= 11 is 1.30. The van der Waals surface area contributed by atoms with E-state index in [1.807, 2.05) is 19.1 Å². The van der Waals surface area contributed by atoms with E-state index >= 15 is 0 Å². The molecule has 6 heteroatoms. The van der Waals surface area contributed by atoms with Crippen LogP contribution in [-0.4, -0.2) is 17.5 Å². The fourth-order valence-electron chi connectivity index (χ4n) is 1.77. The van der Waals surface area contributed by atoms with Crippen molar-refractivity contribution in [3.63, 3.8) is 0 Å². The number of rotatable bonds is 4. The number of thiophene rings is 1. The van der Waals surface area contributed by atoms with Crippen molar-refractivity contribution in [2.45, 2.75) is 20.8 Å². The molecule has 22 heavy (non-hydrogen) atoms. The number of anilines is 1. The monoisotopic (exact) mass is 315 g/mol. The van der Waals surface area contributed by atoms with Crippen molar-refractivity contribution in [1.29, 1.82) is 0 Å². The first-order chi connectivity index (χ1) is 10.5. The van der Waals surface area contributed by atoms with Gasteiger partial charge in [-0.25, -0.2) is 5.43 Å². The maximum atomic E-state index is 12.2. The van der Waals surface area contributed by atoms with Crippen LogP contribution < -0.4 is 10.7 Å². The van der Waals surface area contributed by atoms with Gasteiger partial charge in [-0.1, -0.05) is 17.7 Å². The van der Waals surface area contributed by atoms with Crippen LogP contribution in [0, 0.1) is 6.92 Å². The van der Waals surface area contributed by atoms with Gasteiger partial charge in [-0.3, -0.25) is 9.59 Å². The lowest BCUT2D eigenvalue weighted by atomic mass is 10.1. The molecular formula is C16H17N3O2S. The second-order valence-corrected chi connectivity index (χ2v) is 5.90. The number of benzene rings is 1. The number of carbonyl (C=O) groups excluding carboxylic acids is 2. The number of nitrogens with one attached hydrogen (secondary N) is 2. The zero-order valence-corrected chi connectivity index (χ0v) is 13.5. The summed E-state index contributed by atoms with van der Waals surface area (Å²) in [4.78, 5) is 24.3. The van der Waals surface area contributed by atoms with Gasteiger partial charge in [0.05, 0.1) is 5.56 Å². The van der Waals surface area contributed by atoms with Crippen molar-refractivity contribution in [3.8, 4) is 0 Å². The van der Waals surface area contributed by atoms with Gasteiger partial charge in [-0.05, 0) is 44.4 Å². The first-order valence-electron chi connectivity index (χ1n) is 6.74. The molecule has 0 fully saturated rings. The van der Waals surface area contributed by atoms with Gasteiger partial charge in [-0.15, -0.1) is 11.3 Å². The maximum absolute atomic E-state index is 12.2. The lowest BCUT2D eigenvalue weighted by Gasteiger charge is -2.06. The zero-order chi connectivity index (χ0) is 16.1. The van der Waals surface area contributed by atoms with E-state index in [4.69, 9.17) is 0 Å². The molecule has 0 atom stereocenters. The van der Waals surface area contributed by atoms with Crippen LogP contribution in [-0.2, 0) is 0 Å². The van der Waals surface area contributed by atoms with Gasteiger partial charge < -0.3 is 5.32 Å². The molecule has 0 aliphatic carbocycles. The molecule has 0 saturated heterocycles. The number of hydrogen-bond donors (Lipinski definition) is 2. The summed E-state index contributed by atoms with van der Waals surface area (Å²) in [6, 6.07) is 8.94.